The van der Waals surface area contributed by atoms with Crippen LogP contribution in [0.15, 0.2) is 66.2 Å². The Balaban J connectivity index is 1.83. The largest absolute Gasteiger partial charge is 0.281 e. The van der Waals surface area contributed by atoms with Gasteiger partial charge in [-0.3, -0.25) is 15.2 Å². The second kappa shape index (κ2) is 7.07. The summed E-state index contributed by atoms with van der Waals surface area (Å²) in [6, 6.07) is 19.9. The summed E-state index contributed by atoms with van der Waals surface area (Å²) in [5.74, 6) is -0.134. The minimum Gasteiger partial charge on any atom is -0.281 e. The van der Waals surface area contributed by atoms with Gasteiger partial charge in [-0.1, -0.05) is 48.5 Å². The van der Waals surface area contributed by atoms with Crippen molar-refractivity contribution in [3.63, 3.8) is 0 Å². The van der Waals surface area contributed by atoms with Gasteiger partial charge in [0.2, 0.25) is 0 Å². The van der Waals surface area contributed by atoms with Crippen LogP contribution in [-0.4, -0.2) is 10.9 Å². The fourth-order valence-corrected chi connectivity index (χ4v) is 2.95. The van der Waals surface area contributed by atoms with Crippen molar-refractivity contribution in [3.05, 3.63) is 82.3 Å². The lowest BCUT2D eigenvalue weighted by Gasteiger charge is -2.25. The van der Waals surface area contributed by atoms with Crippen LogP contribution in [0.5, 0.6) is 0 Å². The van der Waals surface area contributed by atoms with Crippen LogP contribution < -0.4 is 10.4 Å². The average molecular weight is 323 g/mol. The molecule has 1 amide bonds. The van der Waals surface area contributed by atoms with Crippen LogP contribution >= 0.6 is 11.3 Å². The number of carbonyl (C=O) groups is 1. The predicted molar refractivity (Wildman–Crippen MR) is 93.4 cm³/mol. The van der Waals surface area contributed by atoms with E-state index in [-0.39, 0.29) is 5.91 Å². The fraction of sp³-hybridized carbons (Fsp3) is 0.111. The zero-order chi connectivity index (χ0) is 16.1. The Labute approximate surface area is 139 Å². The summed E-state index contributed by atoms with van der Waals surface area (Å²) in [5, 5.41) is 1.86. The fourth-order valence-electron chi connectivity index (χ4n) is 2.26. The number of para-hydroxylation sites is 1. The van der Waals surface area contributed by atoms with Crippen molar-refractivity contribution in [2.24, 2.45) is 0 Å². The topological polar surface area (TPSA) is 45.2 Å². The molecule has 116 valence electrons. The summed E-state index contributed by atoms with van der Waals surface area (Å²) in [6.45, 7) is 2.43. The number of amides is 1. The van der Waals surface area contributed by atoms with Crippen molar-refractivity contribution < 1.29 is 4.79 Å². The maximum atomic E-state index is 12.5. The SMILES string of the molecule is Cc1ncsc1C(=O)NN(Cc1ccccc1)c1ccccc1. The Hall–Kier alpha value is -2.66. The van der Waals surface area contributed by atoms with Gasteiger partial charge in [-0.25, -0.2) is 4.98 Å². The molecule has 0 aliphatic carbocycles. The number of nitrogens with zero attached hydrogens (tertiary/aromatic N) is 2. The summed E-state index contributed by atoms with van der Waals surface area (Å²) in [4.78, 5) is 17.3. The maximum absolute atomic E-state index is 12.5. The number of aryl methyl sites for hydroxylation is 1. The standard InChI is InChI=1S/C18H17N3OS/c1-14-17(23-13-19-14)18(22)20-21(16-10-6-3-7-11-16)12-15-8-4-2-5-9-15/h2-11,13H,12H2,1H3,(H,20,22). The number of hydrazine groups is 1. The number of thiazole rings is 1. The number of nitrogens with one attached hydrogen (secondary N) is 1. The van der Waals surface area contributed by atoms with Gasteiger partial charge in [0.15, 0.2) is 0 Å². The Morgan fingerprint density at radius 1 is 1.09 bits per heavy atom. The van der Waals surface area contributed by atoms with Crippen molar-refractivity contribution >= 4 is 22.9 Å². The molecule has 1 N–H and O–H groups in total. The van der Waals surface area contributed by atoms with Crippen LogP contribution in [0.4, 0.5) is 5.69 Å². The highest BCUT2D eigenvalue weighted by Gasteiger charge is 2.16. The molecule has 3 aromatic rings. The van der Waals surface area contributed by atoms with E-state index in [9.17, 15) is 4.79 Å². The summed E-state index contributed by atoms with van der Waals surface area (Å²) in [7, 11) is 0. The zero-order valence-electron chi connectivity index (χ0n) is 12.8. The molecule has 0 bridgehead atoms. The van der Waals surface area contributed by atoms with Gasteiger partial charge < -0.3 is 0 Å². The summed E-state index contributed by atoms with van der Waals surface area (Å²) in [5.41, 5.74) is 7.49. The third-order valence-corrected chi connectivity index (χ3v) is 4.37. The number of anilines is 1. The van der Waals surface area contributed by atoms with Gasteiger partial charge in [0.1, 0.15) is 4.88 Å². The number of carbonyl (C=O) groups excluding carboxylic acids is 1. The molecule has 1 heterocycles. The van der Waals surface area contributed by atoms with Crippen LogP contribution in [0.3, 0.4) is 0 Å². The number of rotatable bonds is 5. The van der Waals surface area contributed by atoms with E-state index in [0.717, 1.165) is 16.9 Å². The van der Waals surface area contributed by atoms with E-state index in [1.54, 1.807) is 5.51 Å². The minimum absolute atomic E-state index is 0.134. The van der Waals surface area contributed by atoms with Crippen molar-refractivity contribution in [1.29, 1.82) is 0 Å². The molecule has 3 rings (SSSR count). The van der Waals surface area contributed by atoms with Crippen LogP contribution in [0.2, 0.25) is 0 Å². The second-order valence-corrected chi connectivity index (χ2v) is 5.97. The van der Waals surface area contributed by atoms with Gasteiger partial charge in [0, 0.05) is 0 Å². The molecule has 1 aromatic heterocycles. The van der Waals surface area contributed by atoms with Crippen LogP contribution in [0.1, 0.15) is 20.9 Å². The van der Waals surface area contributed by atoms with Gasteiger partial charge >= 0.3 is 0 Å². The van der Waals surface area contributed by atoms with Crippen LogP contribution in [0, 0.1) is 6.92 Å². The van der Waals surface area contributed by atoms with Crippen LogP contribution in [-0.2, 0) is 6.54 Å². The molecule has 4 nitrogen and oxygen atoms in total. The molecule has 0 saturated heterocycles. The number of benzene rings is 2. The number of hydrogen-bond donors (Lipinski definition) is 1. The Kier molecular flexibility index (Phi) is 4.68. The molecular weight excluding hydrogens is 306 g/mol. The first kappa shape index (κ1) is 15.2. The smallest absolute Gasteiger partial charge is 0.281 e. The maximum Gasteiger partial charge on any atom is 0.281 e. The molecule has 5 heteroatoms. The average Bonchev–Trinajstić information content (AvgIpc) is 3.02. The quantitative estimate of drug-likeness (QED) is 0.726. The molecule has 0 spiro atoms. The van der Waals surface area contributed by atoms with Gasteiger partial charge in [-0.2, -0.15) is 0 Å². The Morgan fingerprint density at radius 3 is 2.35 bits per heavy atom. The van der Waals surface area contributed by atoms with Crippen molar-refractivity contribution in [1.82, 2.24) is 10.4 Å². The lowest BCUT2D eigenvalue weighted by atomic mass is 10.2. The highest BCUT2D eigenvalue weighted by Crippen LogP contribution is 2.17. The first-order valence-electron chi connectivity index (χ1n) is 7.31. The monoisotopic (exact) mass is 323 g/mol. The third kappa shape index (κ3) is 3.76. The lowest BCUT2D eigenvalue weighted by Crippen LogP contribution is -2.41. The van der Waals surface area contributed by atoms with E-state index in [2.05, 4.69) is 10.4 Å². The molecule has 0 aliphatic rings. The van der Waals surface area contributed by atoms with Crippen molar-refractivity contribution in [3.8, 4) is 0 Å². The van der Waals surface area contributed by atoms with E-state index in [1.807, 2.05) is 72.6 Å². The number of aromatic nitrogens is 1. The van der Waals surface area contributed by atoms with Gasteiger partial charge in [-0.15, -0.1) is 11.3 Å². The van der Waals surface area contributed by atoms with E-state index < -0.39 is 0 Å². The van der Waals surface area contributed by atoms with E-state index in [4.69, 9.17) is 0 Å². The van der Waals surface area contributed by atoms with Gasteiger partial charge in [-0.05, 0) is 24.6 Å². The molecule has 0 unspecified atom stereocenters. The van der Waals surface area contributed by atoms with Crippen molar-refractivity contribution in [2.75, 3.05) is 5.01 Å². The number of hydrogen-bond acceptors (Lipinski definition) is 4. The molecule has 2 aromatic carbocycles. The summed E-state index contributed by atoms with van der Waals surface area (Å²) in [6.07, 6.45) is 0. The molecule has 0 atom stereocenters. The minimum atomic E-state index is -0.134. The van der Waals surface area contributed by atoms with Crippen molar-refractivity contribution in [2.45, 2.75) is 13.5 Å². The normalized spacial score (nSPS) is 10.3. The van der Waals surface area contributed by atoms with Crippen LogP contribution in [0.25, 0.3) is 0 Å². The predicted octanol–water partition coefficient (Wildman–Crippen LogP) is 3.80. The summed E-state index contributed by atoms with van der Waals surface area (Å²) >= 11 is 1.35. The molecule has 0 radical (unpaired) electrons. The third-order valence-electron chi connectivity index (χ3n) is 3.44. The highest BCUT2D eigenvalue weighted by molar-refractivity contribution is 7.11. The first-order valence-corrected chi connectivity index (χ1v) is 8.19. The Bertz CT molecular complexity index is 771. The van der Waals surface area contributed by atoms with Gasteiger partial charge in [0.25, 0.3) is 5.91 Å². The van der Waals surface area contributed by atoms with E-state index in [0.29, 0.717) is 11.4 Å². The molecular formula is C18H17N3OS. The highest BCUT2D eigenvalue weighted by atomic mass is 32.1. The first-order chi connectivity index (χ1) is 11.2. The van der Waals surface area contributed by atoms with E-state index >= 15 is 0 Å². The zero-order valence-corrected chi connectivity index (χ0v) is 13.6. The molecule has 0 fully saturated rings. The molecule has 0 aliphatic heterocycles. The van der Waals surface area contributed by atoms with Gasteiger partial charge in [0.05, 0.1) is 23.4 Å². The second-order valence-electron chi connectivity index (χ2n) is 5.12. The summed E-state index contributed by atoms with van der Waals surface area (Å²) < 4.78 is 0. The Morgan fingerprint density at radius 2 is 1.74 bits per heavy atom. The molecule has 0 saturated carbocycles. The van der Waals surface area contributed by atoms with E-state index in [1.165, 1.54) is 11.3 Å². The lowest BCUT2D eigenvalue weighted by molar-refractivity contribution is 0.0951. The molecule has 23 heavy (non-hydrogen) atoms.